The number of nitrogens with one attached hydrogen (secondary N) is 1. The normalized spacial score (nSPS) is 13.4. The van der Waals surface area contributed by atoms with E-state index in [0.717, 1.165) is 4.47 Å². The van der Waals surface area contributed by atoms with Crippen molar-refractivity contribution in [2.24, 2.45) is 0 Å². The minimum Gasteiger partial charge on any atom is -0.366 e. The van der Waals surface area contributed by atoms with E-state index in [-0.39, 0.29) is 28.7 Å². The van der Waals surface area contributed by atoms with E-state index in [1.807, 2.05) is 4.90 Å². The molecule has 1 aliphatic heterocycles. The highest BCUT2D eigenvalue weighted by atomic mass is 32.2. The molecule has 1 aliphatic rings. The SMILES string of the molecule is O=C(NCC(=O)N1CCN(c2ccccc2F)CC1)c1ccc(S(=O)(=O)N(Oc2ccccc2)c2ccccc2)cc1. The van der Waals surface area contributed by atoms with Crippen LogP contribution in [0.15, 0.2) is 114 Å². The van der Waals surface area contributed by atoms with Gasteiger partial charge in [-0.1, -0.05) is 53.0 Å². The van der Waals surface area contributed by atoms with Crippen LogP contribution in [0.25, 0.3) is 0 Å². The number of sulfonamides is 1. The molecule has 2 amide bonds. The molecule has 4 aromatic rings. The third-order valence-corrected chi connectivity index (χ3v) is 8.35. The fourth-order valence-corrected chi connectivity index (χ4v) is 5.77. The smallest absolute Gasteiger partial charge is 0.295 e. The molecule has 5 rings (SSSR count). The number of hydrogen-bond acceptors (Lipinski definition) is 6. The summed E-state index contributed by atoms with van der Waals surface area (Å²) in [6.45, 7) is 1.54. The maximum atomic E-state index is 14.1. The summed E-state index contributed by atoms with van der Waals surface area (Å²) < 4.78 is 42.1. The highest BCUT2D eigenvalue weighted by molar-refractivity contribution is 7.92. The molecule has 216 valence electrons. The van der Waals surface area contributed by atoms with Gasteiger partial charge in [0.15, 0.2) is 5.75 Å². The monoisotopic (exact) mass is 588 g/mol. The van der Waals surface area contributed by atoms with Crippen LogP contribution in [-0.4, -0.2) is 57.9 Å². The molecule has 1 saturated heterocycles. The fraction of sp³-hybridized carbons (Fsp3) is 0.161. The minimum absolute atomic E-state index is 0.0809. The Kier molecular flexibility index (Phi) is 8.68. The van der Waals surface area contributed by atoms with E-state index >= 15 is 0 Å². The van der Waals surface area contributed by atoms with E-state index in [4.69, 9.17) is 4.84 Å². The van der Waals surface area contributed by atoms with Crippen molar-refractivity contribution in [1.82, 2.24) is 10.2 Å². The number of carbonyl (C=O) groups is 2. The quantitative estimate of drug-likeness (QED) is 0.296. The first kappa shape index (κ1) is 28.6. The van der Waals surface area contributed by atoms with Gasteiger partial charge >= 0.3 is 0 Å². The molecule has 0 saturated carbocycles. The van der Waals surface area contributed by atoms with Crippen LogP contribution in [0.2, 0.25) is 0 Å². The molecule has 1 heterocycles. The van der Waals surface area contributed by atoms with Gasteiger partial charge in [-0.05, 0) is 60.7 Å². The highest BCUT2D eigenvalue weighted by Gasteiger charge is 2.28. The number of halogens is 1. The summed E-state index contributed by atoms with van der Waals surface area (Å²) in [6.07, 6.45) is 0. The summed E-state index contributed by atoms with van der Waals surface area (Å²) in [4.78, 5) is 34.6. The van der Waals surface area contributed by atoms with Crippen LogP contribution in [0.5, 0.6) is 5.75 Å². The summed E-state index contributed by atoms with van der Waals surface area (Å²) in [6, 6.07) is 28.8. The van der Waals surface area contributed by atoms with Gasteiger partial charge in [-0.25, -0.2) is 4.39 Å². The second-order valence-electron chi connectivity index (χ2n) is 9.50. The number of carbonyl (C=O) groups excluding carboxylic acids is 2. The Morgan fingerprint density at radius 2 is 1.38 bits per heavy atom. The summed E-state index contributed by atoms with van der Waals surface area (Å²) in [5, 5.41) is 2.60. The van der Waals surface area contributed by atoms with Gasteiger partial charge < -0.3 is 20.0 Å². The topological polar surface area (TPSA) is 99.3 Å². The third-order valence-electron chi connectivity index (χ3n) is 6.76. The Morgan fingerprint density at radius 3 is 2.02 bits per heavy atom. The molecule has 0 aromatic heterocycles. The van der Waals surface area contributed by atoms with Gasteiger partial charge in [0.2, 0.25) is 5.91 Å². The largest absolute Gasteiger partial charge is 0.366 e. The first-order valence-electron chi connectivity index (χ1n) is 13.3. The summed E-state index contributed by atoms with van der Waals surface area (Å²) in [5.41, 5.74) is 1.000. The molecule has 0 radical (unpaired) electrons. The van der Waals surface area contributed by atoms with Crippen LogP contribution < -0.4 is 19.5 Å². The van der Waals surface area contributed by atoms with Crippen molar-refractivity contribution < 1.29 is 27.2 Å². The van der Waals surface area contributed by atoms with Crippen molar-refractivity contribution in [1.29, 1.82) is 0 Å². The van der Waals surface area contributed by atoms with Gasteiger partial charge in [0, 0.05) is 31.7 Å². The molecule has 11 heteroatoms. The first-order chi connectivity index (χ1) is 20.3. The zero-order chi connectivity index (χ0) is 29.5. The lowest BCUT2D eigenvalue weighted by Crippen LogP contribution is -2.51. The van der Waals surface area contributed by atoms with Crippen LogP contribution in [0.3, 0.4) is 0 Å². The van der Waals surface area contributed by atoms with Crippen LogP contribution in [-0.2, 0) is 14.8 Å². The summed E-state index contributed by atoms with van der Waals surface area (Å²) >= 11 is 0. The van der Waals surface area contributed by atoms with Crippen molar-refractivity contribution in [2.45, 2.75) is 4.90 Å². The fourth-order valence-electron chi connectivity index (χ4n) is 4.52. The van der Waals surface area contributed by atoms with E-state index in [1.165, 1.54) is 30.3 Å². The molecule has 0 atom stereocenters. The molecule has 0 aliphatic carbocycles. The lowest BCUT2D eigenvalue weighted by atomic mass is 10.2. The van der Waals surface area contributed by atoms with Crippen molar-refractivity contribution in [3.63, 3.8) is 0 Å². The average molecular weight is 589 g/mol. The first-order valence-corrected chi connectivity index (χ1v) is 14.8. The molecule has 1 N–H and O–H groups in total. The second kappa shape index (κ2) is 12.7. The predicted octanol–water partition coefficient (Wildman–Crippen LogP) is 4.09. The van der Waals surface area contributed by atoms with Crippen molar-refractivity contribution in [3.05, 3.63) is 121 Å². The molecule has 0 spiro atoms. The number of nitrogens with zero attached hydrogens (tertiary/aromatic N) is 3. The molecule has 0 unspecified atom stereocenters. The number of rotatable bonds is 9. The number of piperazine rings is 1. The molecule has 42 heavy (non-hydrogen) atoms. The van der Waals surface area contributed by atoms with E-state index in [1.54, 1.807) is 83.8 Å². The van der Waals surface area contributed by atoms with Gasteiger partial charge in [0.25, 0.3) is 15.9 Å². The van der Waals surface area contributed by atoms with Gasteiger partial charge in [0.05, 0.1) is 22.8 Å². The predicted molar refractivity (Wildman–Crippen MR) is 157 cm³/mol. The van der Waals surface area contributed by atoms with Gasteiger partial charge in [-0.15, -0.1) is 0 Å². The van der Waals surface area contributed by atoms with Crippen LogP contribution in [0.4, 0.5) is 15.8 Å². The van der Waals surface area contributed by atoms with E-state index in [2.05, 4.69) is 5.32 Å². The highest BCUT2D eigenvalue weighted by Crippen LogP contribution is 2.26. The van der Waals surface area contributed by atoms with Crippen molar-refractivity contribution >= 4 is 33.2 Å². The van der Waals surface area contributed by atoms with E-state index < -0.39 is 15.9 Å². The summed E-state index contributed by atoms with van der Waals surface area (Å²) in [5.74, 6) is -0.746. The maximum absolute atomic E-state index is 14.1. The lowest BCUT2D eigenvalue weighted by molar-refractivity contribution is -0.130. The number of para-hydroxylation sites is 3. The Balaban J connectivity index is 1.20. The van der Waals surface area contributed by atoms with Crippen LogP contribution in [0, 0.1) is 5.82 Å². The number of hydrogen-bond donors (Lipinski definition) is 1. The second-order valence-corrected chi connectivity index (χ2v) is 11.3. The Bertz CT molecular complexity index is 1630. The number of anilines is 2. The average Bonchev–Trinajstić information content (AvgIpc) is 3.03. The van der Waals surface area contributed by atoms with Gasteiger partial charge in [-0.2, -0.15) is 8.42 Å². The minimum atomic E-state index is -4.17. The Hall–Kier alpha value is -4.90. The Morgan fingerprint density at radius 1 is 0.786 bits per heavy atom. The van der Waals surface area contributed by atoms with E-state index in [9.17, 15) is 22.4 Å². The maximum Gasteiger partial charge on any atom is 0.295 e. The van der Waals surface area contributed by atoms with Crippen LogP contribution >= 0.6 is 0 Å². The zero-order valence-electron chi connectivity index (χ0n) is 22.6. The standard InChI is InChI=1S/C31H29FN4O5S/c32-28-13-7-8-14-29(28)34-19-21-35(22-20-34)30(37)23-33-31(38)24-15-17-27(18-16-24)42(39,40)36(25-9-3-1-4-10-25)41-26-11-5-2-6-12-26/h1-18H,19-23H2,(H,33,38). The van der Waals surface area contributed by atoms with Crippen molar-refractivity contribution in [3.8, 4) is 5.75 Å². The van der Waals surface area contributed by atoms with Gasteiger partial charge in [-0.3, -0.25) is 9.59 Å². The molecular formula is C31H29FN4O5S. The van der Waals surface area contributed by atoms with Crippen molar-refractivity contribution in [2.75, 3.05) is 42.1 Å². The Labute approximate surface area is 243 Å². The van der Waals surface area contributed by atoms with Crippen LogP contribution in [0.1, 0.15) is 10.4 Å². The molecule has 4 aromatic carbocycles. The molecule has 1 fully saturated rings. The van der Waals surface area contributed by atoms with E-state index in [0.29, 0.717) is 43.3 Å². The molecule has 0 bridgehead atoms. The molecular weight excluding hydrogens is 559 g/mol. The number of benzene rings is 4. The lowest BCUT2D eigenvalue weighted by Gasteiger charge is -2.36. The van der Waals surface area contributed by atoms with Gasteiger partial charge in [0.1, 0.15) is 5.82 Å². The third kappa shape index (κ3) is 6.52. The molecule has 9 nitrogen and oxygen atoms in total. The number of amides is 2. The summed E-state index contributed by atoms with van der Waals surface area (Å²) in [7, 11) is -4.17. The zero-order valence-corrected chi connectivity index (χ0v) is 23.4.